The number of nitrogens with two attached hydrogens (primary N) is 1. The average Bonchev–Trinajstić information content (AvgIpc) is 2.52. The lowest BCUT2D eigenvalue weighted by molar-refractivity contribution is 0.0615. The Morgan fingerprint density at radius 2 is 2.00 bits per heavy atom. The molecule has 5 heteroatoms. The number of hydrogen-bond donors (Lipinski definition) is 2. The number of likely N-dealkylation sites (tertiary alicyclic amines) is 1. The Kier molecular flexibility index (Phi) is 5.20. The summed E-state index contributed by atoms with van der Waals surface area (Å²) >= 11 is 0. The highest BCUT2D eigenvalue weighted by atomic mass is 16.2. The van der Waals surface area contributed by atoms with Crippen LogP contribution in [0.4, 0.5) is 4.79 Å². The Balaban J connectivity index is 2.08. The molecule has 0 bridgehead atoms. The molecule has 1 unspecified atom stereocenters. The van der Waals surface area contributed by atoms with E-state index in [2.05, 4.69) is 12.2 Å². The molecule has 21 heavy (non-hydrogen) atoms. The number of primary amides is 1. The Morgan fingerprint density at radius 1 is 1.29 bits per heavy atom. The molecule has 0 radical (unpaired) electrons. The van der Waals surface area contributed by atoms with Gasteiger partial charge >= 0.3 is 6.03 Å². The van der Waals surface area contributed by atoms with E-state index >= 15 is 0 Å². The molecule has 1 aromatic carbocycles. The van der Waals surface area contributed by atoms with E-state index in [-0.39, 0.29) is 11.9 Å². The minimum Gasteiger partial charge on any atom is -0.352 e. The largest absolute Gasteiger partial charge is 0.352 e. The van der Waals surface area contributed by atoms with Gasteiger partial charge in [0, 0.05) is 24.7 Å². The predicted molar refractivity (Wildman–Crippen MR) is 82.1 cm³/mol. The second kappa shape index (κ2) is 7.11. The van der Waals surface area contributed by atoms with Crippen LogP contribution in [0.25, 0.3) is 0 Å². The average molecular weight is 289 g/mol. The zero-order chi connectivity index (χ0) is 15.2. The van der Waals surface area contributed by atoms with Crippen molar-refractivity contribution in [2.75, 3.05) is 13.1 Å². The van der Waals surface area contributed by atoms with Crippen LogP contribution in [0, 0.1) is 0 Å². The SMILES string of the molecule is CCc1ccc(C(=O)N2CCCCC2CNC(N)=O)cc1. The second-order valence-corrected chi connectivity index (χ2v) is 5.44. The van der Waals surface area contributed by atoms with Crippen molar-refractivity contribution in [2.45, 2.75) is 38.6 Å². The summed E-state index contributed by atoms with van der Waals surface area (Å²) in [7, 11) is 0. The van der Waals surface area contributed by atoms with Crippen molar-refractivity contribution in [1.82, 2.24) is 10.2 Å². The number of benzene rings is 1. The van der Waals surface area contributed by atoms with E-state index in [1.807, 2.05) is 29.2 Å². The number of nitrogens with zero attached hydrogens (tertiary/aromatic N) is 1. The van der Waals surface area contributed by atoms with Gasteiger partial charge in [-0.2, -0.15) is 0 Å². The van der Waals surface area contributed by atoms with Crippen LogP contribution in [-0.2, 0) is 6.42 Å². The normalized spacial score (nSPS) is 18.3. The molecule has 2 rings (SSSR count). The summed E-state index contributed by atoms with van der Waals surface area (Å²) in [4.78, 5) is 25.4. The molecule has 5 nitrogen and oxygen atoms in total. The minimum atomic E-state index is -0.541. The molecule has 1 atom stereocenters. The highest BCUT2D eigenvalue weighted by Crippen LogP contribution is 2.19. The summed E-state index contributed by atoms with van der Waals surface area (Å²) in [6.45, 7) is 3.25. The fraction of sp³-hybridized carbons (Fsp3) is 0.500. The van der Waals surface area contributed by atoms with Crippen molar-refractivity contribution < 1.29 is 9.59 Å². The van der Waals surface area contributed by atoms with E-state index in [0.717, 1.165) is 32.2 Å². The fourth-order valence-corrected chi connectivity index (χ4v) is 2.75. The first-order valence-corrected chi connectivity index (χ1v) is 7.55. The molecule has 0 aliphatic carbocycles. The summed E-state index contributed by atoms with van der Waals surface area (Å²) in [5.74, 6) is 0.0358. The van der Waals surface area contributed by atoms with Gasteiger partial charge in [-0.05, 0) is 43.4 Å². The topological polar surface area (TPSA) is 75.4 Å². The second-order valence-electron chi connectivity index (χ2n) is 5.44. The van der Waals surface area contributed by atoms with Crippen LogP contribution in [0.1, 0.15) is 42.1 Å². The number of amides is 3. The zero-order valence-electron chi connectivity index (χ0n) is 12.5. The number of aryl methyl sites for hydroxylation is 1. The monoisotopic (exact) mass is 289 g/mol. The first-order valence-electron chi connectivity index (χ1n) is 7.55. The summed E-state index contributed by atoms with van der Waals surface area (Å²) in [6, 6.07) is 7.24. The van der Waals surface area contributed by atoms with E-state index in [1.54, 1.807) is 0 Å². The number of piperidine rings is 1. The van der Waals surface area contributed by atoms with Gasteiger partial charge in [0.1, 0.15) is 0 Å². The lowest BCUT2D eigenvalue weighted by atomic mass is 10.00. The zero-order valence-corrected chi connectivity index (χ0v) is 12.5. The summed E-state index contributed by atoms with van der Waals surface area (Å²) < 4.78 is 0. The molecule has 0 aromatic heterocycles. The standard InChI is InChI=1S/C16H23N3O2/c1-2-12-6-8-13(9-7-12)15(20)19-10-4-3-5-14(19)11-18-16(17)21/h6-9,14H,2-5,10-11H2,1H3,(H3,17,18,21). The lowest BCUT2D eigenvalue weighted by Crippen LogP contribution is -2.50. The van der Waals surface area contributed by atoms with Gasteiger partial charge in [0.2, 0.25) is 0 Å². The van der Waals surface area contributed by atoms with Gasteiger partial charge in [0.15, 0.2) is 0 Å². The molecule has 1 saturated heterocycles. The fourth-order valence-electron chi connectivity index (χ4n) is 2.75. The van der Waals surface area contributed by atoms with Gasteiger partial charge in [0.05, 0.1) is 0 Å². The van der Waals surface area contributed by atoms with E-state index in [9.17, 15) is 9.59 Å². The van der Waals surface area contributed by atoms with Crippen molar-refractivity contribution in [3.05, 3.63) is 35.4 Å². The lowest BCUT2D eigenvalue weighted by Gasteiger charge is -2.35. The maximum absolute atomic E-state index is 12.6. The van der Waals surface area contributed by atoms with Gasteiger partial charge in [-0.3, -0.25) is 4.79 Å². The van der Waals surface area contributed by atoms with Crippen LogP contribution < -0.4 is 11.1 Å². The predicted octanol–water partition coefficient (Wildman–Crippen LogP) is 1.91. The van der Waals surface area contributed by atoms with Crippen LogP contribution in [0.5, 0.6) is 0 Å². The summed E-state index contributed by atoms with van der Waals surface area (Å²) in [5.41, 5.74) is 7.05. The van der Waals surface area contributed by atoms with Gasteiger partial charge in [0.25, 0.3) is 5.91 Å². The first-order chi connectivity index (χ1) is 10.1. The van der Waals surface area contributed by atoms with Crippen LogP contribution in [-0.4, -0.2) is 36.0 Å². The van der Waals surface area contributed by atoms with Crippen LogP contribution >= 0.6 is 0 Å². The first kappa shape index (κ1) is 15.4. The van der Waals surface area contributed by atoms with Crippen molar-refractivity contribution >= 4 is 11.9 Å². The molecule has 1 fully saturated rings. The van der Waals surface area contributed by atoms with Gasteiger partial charge in [-0.15, -0.1) is 0 Å². The van der Waals surface area contributed by atoms with Crippen LogP contribution in [0.2, 0.25) is 0 Å². The Hall–Kier alpha value is -2.04. The van der Waals surface area contributed by atoms with E-state index in [0.29, 0.717) is 12.1 Å². The molecule has 1 aromatic rings. The molecule has 1 heterocycles. The maximum atomic E-state index is 12.6. The quantitative estimate of drug-likeness (QED) is 0.888. The third-order valence-electron chi connectivity index (χ3n) is 4.01. The molecule has 1 aliphatic rings. The Bertz CT molecular complexity index is 499. The van der Waals surface area contributed by atoms with Crippen molar-refractivity contribution in [3.8, 4) is 0 Å². The molecule has 0 spiro atoms. The highest BCUT2D eigenvalue weighted by molar-refractivity contribution is 5.94. The minimum absolute atomic E-state index is 0.0320. The van der Waals surface area contributed by atoms with E-state index in [4.69, 9.17) is 5.73 Å². The van der Waals surface area contributed by atoms with Crippen molar-refractivity contribution in [2.24, 2.45) is 5.73 Å². The third kappa shape index (κ3) is 3.97. The van der Waals surface area contributed by atoms with Crippen LogP contribution in [0.3, 0.4) is 0 Å². The molecular weight excluding hydrogens is 266 g/mol. The summed E-state index contributed by atoms with van der Waals surface area (Å²) in [5, 5.41) is 2.61. The molecular formula is C16H23N3O2. The molecule has 0 saturated carbocycles. The molecule has 1 aliphatic heterocycles. The van der Waals surface area contributed by atoms with Gasteiger partial charge in [-0.25, -0.2) is 4.79 Å². The van der Waals surface area contributed by atoms with E-state index < -0.39 is 6.03 Å². The number of hydrogen-bond acceptors (Lipinski definition) is 2. The Morgan fingerprint density at radius 3 is 2.62 bits per heavy atom. The molecule has 114 valence electrons. The number of carbonyl (C=O) groups excluding carboxylic acids is 2. The highest BCUT2D eigenvalue weighted by Gasteiger charge is 2.27. The van der Waals surface area contributed by atoms with Gasteiger partial charge < -0.3 is 16.0 Å². The molecule has 3 amide bonds. The van der Waals surface area contributed by atoms with Crippen molar-refractivity contribution in [1.29, 1.82) is 0 Å². The third-order valence-corrected chi connectivity index (χ3v) is 4.01. The number of nitrogens with one attached hydrogen (secondary N) is 1. The van der Waals surface area contributed by atoms with Crippen LogP contribution in [0.15, 0.2) is 24.3 Å². The number of carbonyl (C=O) groups is 2. The molecule has 3 N–H and O–H groups in total. The number of rotatable bonds is 4. The van der Waals surface area contributed by atoms with E-state index in [1.165, 1.54) is 5.56 Å². The Labute approximate surface area is 125 Å². The number of urea groups is 1. The van der Waals surface area contributed by atoms with Gasteiger partial charge in [-0.1, -0.05) is 19.1 Å². The smallest absolute Gasteiger partial charge is 0.312 e. The summed E-state index contributed by atoms with van der Waals surface area (Å²) in [6.07, 6.45) is 3.94. The van der Waals surface area contributed by atoms with Crippen molar-refractivity contribution in [3.63, 3.8) is 0 Å². The maximum Gasteiger partial charge on any atom is 0.312 e.